The molecule has 1 heterocycles. The van der Waals surface area contributed by atoms with Crippen LogP contribution in [0.3, 0.4) is 0 Å². The van der Waals surface area contributed by atoms with Crippen LogP contribution in [0.4, 0.5) is 0 Å². The predicted octanol–water partition coefficient (Wildman–Crippen LogP) is 4.80. The van der Waals surface area contributed by atoms with Crippen molar-refractivity contribution < 1.29 is 4.74 Å². The first-order chi connectivity index (χ1) is 8.47. The van der Waals surface area contributed by atoms with Crippen molar-refractivity contribution in [2.45, 2.75) is 12.8 Å². The standard InChI is InChI=1S/C6H4O.2C5H6/c1-2-4-6-5(3-1)7-6;2*1-2-4-5-3-1/h1-4H;2*1-4H,5H2. The Labute approximate surface area is 102 Å². The lowest BCUT2D eigenvalue weighted by molar-refractivity contribution is 0.650. The molecule has 0 radical (unpaired) electrons. The number of hydrogen-bond acceptors (Lipinski definition) is 1. The Bertz CT molecular complexity index is 401. The first kappa shape index (κ1) is 11.5. The van der Waals surface area contributed by atoms with E-state index >= 15 is 0 Å². The fourth-order valence-corrected chi connectivity index (χ4v) is 1.40. The monoisotopic (exact) mass is 224 g/mol. The number of fused-ring (bicyclic) bond motifs is 1. The van der Waals surface area contributed by atoms with E-state index < -0.39 is 0 Å². The van der Waals surface area contributed by atoms with Gasteiger partial charge in [-0.2, -0.15) is 0 Å². The van der Waals surface area contributed by atoms with Crippen molar-refractivity contribution in [3.05, 3.63) is 72.9 Å². The topological polar surface area (TPSA) is 12.5 Å². The zero-order valence-corrected chi connectivity index (χ0v) is 9.75. The minimum atomic E-state index is 1.03. The molecule has 86 valence electrons. The maximum absolute atomic E-state index is 4.94. The van der Waals surface area contributed by atoms with Gasteiger partial charge < -0.3 is 4.74 Å². The molecule has 0 atom stereocenters. The summed E-state index contributed by atoms with van der Waals surface area (Å²) >= 11 is 0. The molecule has 17 heavy (non-hydrogen) atoms. The van der Waals surface area contributed by atoms with Crippen molar-refractivity contribution in [2.24, 2.45) is 0 Å². The van der Waals surface area contributed by atoms with E-state index in [0.29, 0.717) is 0 Å². The van der Waals surface area contributed by atoms with Gasteiger partial charge in [-0.25, -0.2) is 0 Å². The molecule has 0 N–H and O–H groups in total. The van der Waals surface area contributed by atoms with Crippen LogP contribution in [0.5, 0.6) is 11.5 Å². The summed E-state index contributed by atoms with van der Waals surface area (Å²) < 4.78 is 4.94. The molecule has 0 amide bonds. The van der Waals surface area contributed by atoms with Crippen molar-refractivity contribution in [1.82, 2.24) is 0 Å². The molecule has 0 spiro atoms. The van der Waals surface area contributed by atoms with Crippen molar-refractivity contribution in [3.8, 4) is 11.5 Å². The van der Waals surface area contributed by atoms with Gasteiger partial charge in [0.05, 0.1) is 0 Å². The third-order valence-corrected chi connectivity index (χ3v) is 2.34. The molecular weight excluding hydrogens is 208 g/mol. The maximum atomic E-state index is 4.94. The van der Waals surface area contributed by atoms with Gasteiger partial charge in [0, 0.05) is 0 Å². The molecule has 1 nitrogen and oxygen atoms in total. The minimum absolute atomic E-state index is 1.03. The Morgan fingerprint density at radius 3 is 1.29 bits per heavy atom. The van der Waals surface area contributed by atoms with Gasteiger partial charge in [0.2, 0.25) is 0 Å². The zero-order chi connectivity index (χ0) is 11.8. The van der Waals surface area contributed by atoms with Crippen LogP contribution in [-0.2, 0) is 0 Å². The van der Waals surface area contributed by atoms with E-state index in [0.717, 1.165) is 24.3 Å². The molecule has 1 aliphatic heterocycles. The molecule has 0 saturated carbocycles. The molecule has 4 rings (SSSR count). The average Bonchev–Trinajstić information content (AvgIpc) is 2.89. The number of hydrogen-bond donors (Lipinski definition) is 0. The van der Waals surface area contributed by atoms with Gasteiger partial charge in [-0.3, -0.25) is 0 Å². The lowest BCUT2D eigenvalue weighted by Crippen LogP contribution is -1.37. The van der Waals surface area contributed by atoms with E-state index in [4.69, 9.17) is 4.74 Å². The van der Waals surface area contributed by atoms with Gasteiger partial charge in [-0.15, -0.1) is 0 Å². The van der Waals surface area contributed by atoms with Crippen LogP contribution in [0.15, 0.2) is 72.9 Å². The van der Waals surface area contributed by atoms with Gasteiger partial charge >= 0.3 is 0 Å². The largest absolute Gasteiger partial charge is 0.450 e. The van der Waals surface area contributed by atoms with Gasteiger partial charge in [0.1, 0.15) is 0 Å². The fourth-order valence-electron chi connectivity index (χ4n) is 1.40. The second kappa shape index (κ2) is 6.54. The molecular formula is C16H16O. The number of para-hydroxylation sites is 2. The Morgan fingerprint density at radius 2 is 1.06 bits per heavy atom. The second-order valence-corrected chi connectivity index (χ2v) is 3.73. The smallest absolute Gasteiger partial charge is 0.170 e. The summed E-state index contributed by atoms with van der Waals surface area (Å²) in [4.78, 5) is 0. The molecule has 0 fully saturated rings. The van der Waals surface area contributed by atoms with Crippen LogP contribution >= 0.6 is 0 Å². The quantitative estimate of drug-likeness (QED) is 0.586. The SMILES string of the molecule is C1=CCC=C1.C1=CCC=C1.c1ccc2c(c1)O2. The Morgan fingerprint density at radius 1 is 0.647 bits per heavy atom. The van der Waals surface area contributed by atoms with Gasteiger partial charge in [0.25, 0.3) is 0 Å². The normalized spacial score (nSPS) is 15.3. The highest BCUT2D eigenvalue weighted by atomic mass is 16.6. The highest BCUT2D eigenvalue weighted by molar-refractivity contribution is 5.53. The molecule has 0 aromatic heterocycles. The third-order valence-electron chi connectivity index (χ3n) is 2.34. The highest BCUT2D eigenvalue weighted by Gasteiger charge is 2.15. The van der Waals surface area contributed by atoms with Crippen LogP contribution in [0.2, 0.25) is 0 Å². The van der Waals surface area contributed by atoms with Crippen LogP contribution in [0.25, 0.3) is 0 Å². The molecule has 1 aromatic carbocycles. The van der Waals surface area contributed by atoms with E-state index in [-0.39, 0.29) is 0 Å². The van der Waals surface area contributed by atoms with E-state index in [2.05, 4.69) is 48.6 Å². The van der Waals surface area contributed by atoms with E-state index in [9.17, 15) is 0 Å². The summed E-state index contributed by atoms with van der Waals surface area (Å²) in [5.41, 5.74) is 0. The summed E-state index contributed by atoms with van der Waals surface area (Å²) in [6.45, 7) is 0. The van der Waals surface area contributed by atoms with Gasteiger partial charge in [-0.1, -0.05) is 60.7 Å². The molecule has 3 aliphatic rings. The average molecular weight is 224 g/mol. The number of benzene rings is 1. The number of rotatable bonds is 0. The van der Waals surface area contributed by atoms with Crippen molar-refractivity contribution in [2.75, 3.05) is 0 Å². The summed E-state index contributed by atoms with van der Waals surface area (Å²) in [7, 11) is 0. The highest BCUT2D eigenvalue weighted by Crippen LogP contribution is 2.43. The summed E-state index contributed by atoms with van der Waals surface area (Å²) in [5.74, 6) is 2.06. The van der Waals surface area contributed by atoms with E-state index in [1.807, 2.05) is 24.3 Å². The second-order valence-electron chi connectivity index (χ2n) is 3.73. The molecule has 0 saturated heterocycles. The van der Waals surface area contributed by atoms with Crippen molar-refractivity contribution in [3.63, 3.8) is 0 Å². The zero-order valence-electron chi connectivity index (χ0n) is 9.75. The van der Waals surface area contributed by atoms with Crippen LogP contribution < -0.4 is 4.74 Å². The molecule has 0 bridgehead atoms. The van der Waals surface area contributed by atoms with Crippen LogP contribution in [0.1, 0.15) is 12.8 Å². The van der Waals surface area contributed by atoms with Gasteiger partial charge in [0.15, 0.2) is 11.5 Å². The van der Waals surface area contributed by atoms with E-state index in [1.165, 1.54) is 0 Å². The predicted molar refractivity (Wildman–Crippen MR) is 72.3 cm³/mol. The lowest BCUT2D eigenvalue weighted by atomic mass is 10.4. The summed E-state index contributed by atoms with van der Waals surface area (Å²) in [6.07, 6.45) is 19.0. The Kier molecular flexibility index (Phi) is 4.41. The molecule has 1 aromatic rings. The first-order valence-electron chi connectivity index (χ1n) is 5.87. The maximum Gasteiger partial charge on any atom is 0.170 e. The molecule has 2 aliphatic carbocycles. The van der Waals surface area contributed by atoms with Crippen molar-refractivity contribution >= 4 is 0 Å². The Balaban J connectivity index is 0.0000000980. The number of allylic oxidation sites excluding steroid dienone is 8. The van der Waals surface area contributed by atoms with Gasteiger partial charge in [-0.05, 0) is 25.0 Å². The lowest BCUT2D eigenvalue weighted by Gasteiger charge is -1.61. The summed E-state index contributed by atoms with van der Waals surface area (Å²) in [5, 5.41) is 0. The van der Waals surface area contributed by atoms with Crippen LogP contribution in [-0.4, -0.2) is 0 Å². The fraction of sp³-hybridized carbons (Fsp3) is 0.125. The van der Waals surface area contributed by atoms with E-state index in [1.54, 1.807) is 0 Å². The Hall–Kier alpha value is -2.02. The first-order valence-corrected chi connectivity index (χ1v) is 5.87. The third kappa shape index (κ3) is 4.56. The van der Waals surface area contributed by atoms with Crippen molar-refractivity contribution in [1.29, 1.82) is 0 Å². The minimum Gasteiger partial charge on any atom is -0.450 e. The van der Waals surface area contributed by atoms with Crippen LogP contribution in [0, 0.1) is 0 Å². The summed E-state index contributed by atoms with van der Waals surface area (Å²) in [6, 6.07) is 7.84. The molecule has 0 unspecified atom stereocenters. The molecule has 1 heteroatoms. The number of ether oxygens (including phenoxy) is 1.